The second kappa shape index (κ2) is 7.56. The van der Waals surface area contributed by atoms with Gasteiger partial charge in [0.2, 0.25) is 5.91 Å². The van der Waals surface area contributed by atoms with Crippen LogP contribution in [-0.4, -0.2) is 64.2 Å². The molecule has 0 bridgehead atoms. The van der Waals surface area contributed by atoms with Gasteiger partial charge in [-0.05, 0) is 30.9 Å². The van der Waals surface area contributed by atoms with E-state index in [0.717, 1.165) is 25.7 Å². The van der Waals surface area contributed by atoms with Crippen LogP contribution in [0.5, 0.6) is 0 Å². The van der Waals surface area contributed by atoms with Crippen molar-refractivity contribution >= 4 is 29.2 Å². The number of ketones is 1. The minimum Gasteiger partial charge on any atom is -0.366 e. The second-order valence-electron chi connectivity index (χ2n) is 7.43. The van der Waals surface area contributed by atoms with Crippen molar-refractivity contribution < 1.29 is 19.1 Å². The average molecular weight is 392 g/mol. The van der Waals surface area contributed by atoms with Crippen LogP contribution in [0.2, 0.25) is 0 Å². The summed E-state index contributed by atoms with van der Waals surface area (Å²) >= 11 is 6.32. The summed E-state index contributed by atoms with van der Waals surface area (Å²) < 4.78 is 5.47. The maximum Gasteiger partial charge on any atom is 0.253 e. The minimum absolute atomic E-state index is 0.0154. The van der Waals surface area contributed by atoms with Gasteiger partial charge in [0.15, 0.2) is 5.78 Å². The number of amides is 2. The number of hydrogen-bond donors (Lipinski definition) is 1. The molecule has 2 saturated heterocycles. The topological polar surface area (TPSA) is 88.6 Å². The fourth-order valence-corrected chi connectivity index (χ4v) is 4.76. The highest BCUT2D eigenvalue weighted by Crippen LogP contribution is 2.34. The molecular formula is C19H22ClN3O4. The number of halogens is 1. The van der Waals surface area contributed by atoms with Crippen LogP contribution < -0.4 is 5.32 Å². The lowest BCUT2D eigenvalue weighted by atomic mass is 9.95. The van der Waals surface area contributed by atoms with Crippen molar-refractivity contribution in [3.8, 4) is 0 Å². The number of alkyl halides is 1. The monoisotopic (exact) mass is 391 g/mol. The highest BCUT2D eigenvalue weighted by Gasteiger charge is 2.53. The van der Waals surface area contributed by atoms with Crippen molar-refractivity contribution in [2.75, 3.05) is 13.2 Å². The maximum absolute atomic E-state index is 13.4. The first kappa shape index (κ1) is 18.4. The third kappa shape index (κ3) is 3.46. The highest BCUT2D eigenvalue weighted by molar-refractivity contribution is 6.22. The van der Waals surface area contributed by atoms with Crippen LogP contribution in [0, 0.1) is 5.92 Å². The van der Waals surface area contributed by atoms with E-state index in [4.69, 9.17) is 16.3 Å². The van der Waals surface area contributed by atoms with Crippen molar-refractivity contribution in [2.45, 2.75) is 49.2 Å². The third-order valence-corrected chi connectivity index (χ3v) is 6.14. The third-order valence-electron chi connectivity index (χ3n) is 5.75. The van der Waals surface area contributed by atoms with Gasteiger partial charge in [0.05, 0.1) is 10.9 Å². The molecule has 0 spiro atoms. The fraction of sp³-hybridized carbons (Fsp3) is 0.579. The molecule has 27 heavy (non-hydrogen) atoms. The number of fused-ring (bicyclic) bond motifs is 1. The lowest BCUT2D eigenvalue weighted by Gasteiger charge is -2.30. The number of aromatic nitrogens is 1. The van der Waals surface area contributed by atoms with Crippen LogP contribution in [0.25, 0.3) is 0 Å². The zero-order valence-corrected chi connectivity index (χ0v) is 15.6. The molecule has 1 N–H and O–H groups in total. The SMILES string of the molecule is O=C(N[C@H](C(=O)N1C[C@H](Cl)[C@H]2OCC(=O)[C@H]21)C1CCCC1)c1cccnc1. The molecular weight excluding hydrogens is 370 g/mol. The number of rotatable bonds is 4. The van der Waals surface area contributed by atoms with Gasteiger partial charge < -0.3 is 15.0 Å². The molecule has 4 rings (SSSR count). The van der Waals surface area contributed by atoms with E-state index < -0.39 is 23.6 Å². The van der Waals surface area contributed by atoms with Gasteiger partial charge in [0.1, 0.15) is 24.8 Å². The number of ether oxygens (including phenoxy) is 1. The molecule has 2 aliphatic heterocycles. The predicted molar refractivity (Wildman–Crippen MR) is 97.3 cm³/mol. The van der Waals surface area contributed by atoms with Crippen LogP contribution >= 0.6 is 11.6 Å². The normalized spacial score (nSPS) is 29.0. The number of nitrogens with zero attached hydrogens (tertiary/aromatic N) is 2. The molecule has 0 radical (unpaired) electrons. The number of likely N-dealkylation sites (tertiary alicyclic amines) is 1. The van der Waals surface area contributed by atoms with Crippen LogP contribution in [0.3, 0.4) is 0 Å². The van der Waals surface area contributed by atoms with Crippen molar-refractivity contribution in [1.82, 2.24) is 15.2 Å². The van der Waals surface area contributed by atoms with Gasteiger partial charge in [0.25, 0.3) is 5.91 Å². The molecule has 4 atom stereocenters. The first-order chi connectivity index (χ1) is 13.1. The molecule has 3 aliphatic rings. The molecule has 8 heteroatoms. The van der Waals surface area contributed by atoms with Crippen molar-refractivity contribution in [2.24, 2.45) is 5.92 Å². The smallest absolute Gasteiger partial charge is 0.253 e. The molecule has 7 nitrogen and oxygen atoms in total. The molecule has 3 fully saturated rings. The van der Waals surface area contributed by atoms with Crippen LogP contribution in [0.4, 0.5) is 0 Å². The minimum atomic E-state index is -0.670. The largest absolute Gasteiger partial charge is 0.366 e. The van der Waals surface area contributed by atoms with Crippen molar-refractivity contribution in [1.29, 1.82) is 0 Å². The Morgan fingerprint density at radius 1 is 1.33 bits per heavy atom. The van der Waals surface area contributed by atoms with E-state index in [9.17, 15) is 14.4 Å². The summed E-state index contributed by atoms with van der Waals surface area (Å²) in [6.07, 6.45) is 6.42. The van der Waals surface area contributed by atoms with E-state index in [-0.39, 0.29) is 36.7 Å². The number of carbonyl (C=O) groups is 3. The van der Waals surface area contributed by atoms with E-state index in [1.54, 1.807) is 18.3 Å². The van der Waals surface area contributed by atoms with E-state index in [1.807, 2.05) is 0 Å². The summed E-state index contributed by atoms with van der Waals surface area (Å²) in [5.41, 5.74) is 0.406. The summed E-state index contributed by atoms with van der Waals surface area (Å²) in [6, 6.07) is 2.03. The standard InChI is InChI=1S/C19H22ClN3O4/c20-13-9-23(16-14(24)10-27-17(13)16)19(26)15(11-4-1-2-5-11)22-18(25)12-6-3-7-21-8-12/h3,6-8,11,13,15-17H,1-2,4-5,9-10H2,(H,22,25)/t13-,15-,16+,17+/m0/s1. The molecule has 1 aromatic heterocycles. The van der Waals surface area contributed by atoms with Gasteiger partial charge in [-0.15, -0.1) is 11.6 Å². The quantitative estimate of drug-likeness (QED) is 0.778. The van der Waals surface area contributed by atoms with E-state index in [2.05, 4.69) is 10.3 Å². The Hall–Kier alpha value is -1.99. The zero-order valence-electron chi connectivity index (χ0n) is 14.8. The van der Waals surface area contributed by atoms with Crippen molar-refractivity contribution in [3.05, 3.63) is 30.1 Å². The maximum atomic E-state index is 13.4. The number of pyridine rings is 1. The van der Waals surface area contributed by atoms with E-state index in [0.29, 0.717) is 5.56 Å². The number of carbonyl (C=O) groups excluding carboxylic acids is 3. The predicted octanol–water partition coefficient (Wildman–Crippen LogP) is 1.16. The Bertz CT molecular complexity index is 738. The summed E-state index contributed by atoms with van der Waals surface area (Å²) in [4.78, 5) is 43.7. The molecule has 1 aliphatic carbocycles. The van der Waals surface area contributed by atoms with Gasteiger partial charge in [-0.2, -0.15) is 0 Å². The molecule has 1 saturated carbocycles. The lowest BCUT2D eigenvalue weighted by Crippen LogP contribution is -2.54. The zero-order chi connectivity index (χ0) is 19.0. The summed E-state index contributed by atoms with van der Waals surface area (Å²) in [7, 11) is 0. The highest BCUT2D eigenvalue weighted by atomic mass is 35.5. The molecule has 3 heterocycles. The van der Waals surface area contributed by atoms with Gasteiger partial charge in [-0.1, -0.05) is 12.8 Å². The molecule has 144 valence electrons. The van der Waals surface area contributed by atoms with Crippen LogP contribution in [0.1, 0.15) is 36.0 Å². The van der Waals surface area contributed by atoms with Crippen LogP contribution in [-0.2, 0) is 14.3 Å². The Balaban J connectivity index is 1.56. The number of nitrogens with one attached hydrogen (secondary N) is 1. The Morgan fingerprint density at radius 3 is 2.81 bits per heavy atom. The summed E-state index contributed by atoms with van der Waals surface area (Å²) in [5.74, 6) is -0.639. The Kier molecular flexibility index (Phi) is 5.14. The Morgan fingerprint density at radius 2 is 2.11 bits per heavy atom. The molecule has 1 aromatic rings. The molecule has 0 aromatic carbocycles. The average Bonchev–Trinajstić information content (AvgIpc) is 3.40. The van der Waals surface area contributed by atoms with E-state index in [1.165, 1.54) is 11.1 Å². The first-order valence-corrected chi connectivity index (χ1v) is 9.79. The number of Topliss-reactive ketones (excluding diaryl/α,β-unsaturated/α-hetero) is 1. The van der Waals surface area contributed by atoms with Crippen LogP contribution in [0.15, 0.2) is 24.5 Å². The summed E-state index contributed by atoms with van der Waals surface area (Å²) in [6.45, 7) is 0.242. The summed E-state index contributed by atoms with van der Waals surface area (Å²) in [5, 5.41) is 2.48. The lowest BCUT2D eigenvalue weighted by molar-refractivity contribution is -0.139. The Labute approximate surface area is 162 Å². The van der Waals surface area contributed by atoms with Gasteiger partial charge in [0, 0.05) is 18.9 Å². The van der Waals surface area contributed by atoms with Gasteiger partial charge in [-0.25, -0.2) is 0 Å². The van der Waals surface area contributed by atoms with Crippen molar-refractivity contribution in [3.63, 3.8) is 0 Å². The fourth-order valence-electron chi connectivity index (χ4n) is 4.40. The molecule has 0 unspecified atom stereocenters. The number of hydrogen-bond acceptors (Lipinski definition) is 5. The van der Waals surface area contributed by atoms with E-state index >= 15 is 0 Å². The first-order valence-electron chi connectivity index (χ1n) is 9.36. The second-order valence-corrected chi connectivity index (χ2v) is 7.99. The van der Waals surface area contributed by atoms with Gasteiger partial charge in [-0.3, -0.25) is 19.4 Å². The van der Waals surface area contributed by atoms with Gasteiger partial charge >= 0.3 is 0 Å². The molecule has 2 amide bonds.